The molecule has 0 saturated heterocycles. The van der Waals surface area contributed by atoms with Crippen LogP contribution in [0.4, 0.5) is 0 Å². The maximum absolute atomic E-state index is 9.93. The van der Waals surface area contributed by atoms with E-state index in [0.29, 0.717) is 5.92 Å². The lowest BCUT2D eigenvalue weighted by Gasteiger charge is -2.29. The highest BCUT2D eigenvalue weighted by molar-refractivity contribution is 4.74. The molecule has 0 heterocycles. The summed E-state index contributed by atoms with van der Waals surface area (Å²) in [7, 11) is 2.08. The van der Waals surface area contributed by atoms with E-state index >= 15 is 0 Å². The van der Waals surface area contributed by atoms with Crippen molar-refractivity contribution in [3.63, 3.8) is 0 Å². The first-order valence-electron chi connectivity index (χ1n) is 5.60. The molecular weight excluding hydrogens is 162 g/mol. The molecule has 1 rings (SSSR count). The Bertz CT molecular complexity index is 132. The highest BCUT2D eigenvalue weighted by atomic mass is 16.3. The van der Waals surface area contributed by atoms with Gasteiger partial charge in [-0.05, 0) is 32.4 Å². The molecule has 1 aliphatic rings. The number of hydrogen-bond acceptors (Lipinski definition) is 2. The zero-order valence-corrected chi connectivity index (χ0v) is 9.00. The summed E-state index contributed by atoms with van der Waals surface area (Å²) in [6.07, 6.45) is 6.38. The molecule has 0 spiro atoms. The molecule has 1 fully saturated rings. The van der Waals surface area contributed by atoms with Gasteiger partial charge in [0, 0.05) is 6.54 Å². The summed E-state index contributed by atoms with van der Waals surface area (Å²) in [5.74, 6) is 0.572. The van der Waals surface area contributed by atoms with Crippen LogP contribution in [0.25, 0.3) is 0 Å². The van der Waals surface area contributed by atoms with Crippen molar-refractivity contribution in [2.24, 2.45) is 5.92 Å². The van der Waals surface area contributed by atoms with E-state index in [2.05, 4.69) is 18.9 Å². The van der Waals surface area contributed by atoms with Crippen LogP contribution in [0.2, 0.25) is 0 Å². The van der Waals surface area contributed by atoms with Crippen molar-refractivity contribution in [2.75, 3.05) is 20.1 Å². The number of hydrogen-bond donors (Lipinski definition) is 1. The number of likely N-dealkylation sites (N-methyl/N-ethyl adjacent to an activating group) is 1. The predicted octanol–water partition coefficient (Wildman–Crippen LogP) is 1.88. The van der Waals surface area contributed by atoms with Crippen molar-refractivity contribution >= 4 is 0 Å². The molecule has 0 aromatic carbocycles. The zero-order valence-electron chi connectivity index (χ0n) is 9.00. The summed E-state index contributed by atoms with van der Waals surface area (Å²) in [6.45, 7) is 4.01. The summed E-state index contributed by atoms with van der Waals surface area (Å²) < 4.78 is 0. The van der Waals surface area contributed by atoms with E-state index in [4.69, 9.17) is 0 Å². The molecule has 2 heteroatoms. The molecule has 1 atom stereocenters. The average Bonchev–Trinajstić information content (AvgIpc) is 2.19. The first-order chi connectivity index (χ1) is 6.24. The molecule has 1 N–H and O–H groups in total. The van der Waals surface area contributed by atoms with Crippen molar-refractivity contribution in [3.8, 4) is 0 Å². The second kappa shape index (κ2) is 5.61. The van der Waals surface area contributed by atoms with Gasteiger partial charge in [0.25, 0.3) is 0 Å². The minimum Gasteiger partial charge on any atom is -0.392 e. The van der Waals surface area contributed by atoms with Gasteiger partial charge in [-0.25, -0.2) is 0 Å². The van der Waals surface area contributed by atoms with Gasteiger partial charge < -0.3 is 10.0 Å². The van der Waals surface area contributed by atoms with Crippen LogP contribution in [-0.4, -0.2) is 36.2 Å². The fourth-order valence-corrected chi connectivity index (χ4v) is 2.12. The van der Waals surface area contributed by atoms with Crippen LogP contribution in [0.15, 0.2) is 0 Å². The molecule has 0 aromatic heterocycles. The number of rotatable bonds is 4. The third-order valence-corrected chi connectivity index (χ3v) is 3.23. The lowest BCUT2D eigenvalue weighted by Crippen LogP contribution is -2.35. The Morgan fingerprint density at radius 1 is 1.31 bits per heavy atom. The van der Waals surface area contributed by atoms with E-state index < -0.39 is 0 Å². The monoisotopic (exact) mass is 185 g/mol. The quantitative estimate of drug-likeness (QED) is 0.723. The van der Waals surface area contributed by atoms with Gasteiger partial charge in [0.15, 0.2) is 0 Å². The van der Waals surface area contributed by atoms with Gasteiger partial charge in [0.2, 0.25) is 0 Å². The van der Waals surface area contributed by atoms with Crippen molar-refractivity contribution in [1.29, 1.82) is 0 Å². The molecule has 78 valence electrons. The fraction of sp³-hybridized carbons (Fsp3) is 1.00. The Morgan fingerprint density at radius 2 is 1.92 bits per heavy atom. The highest BCUT2D eigenvalue weighted by Gasteiger charge is 2.21. The molecule has 0 amide bonds. The summed E-state index contributed by atoms with van der Waals surface area (Å²) >= 11 is 0. The lowest BCUT2D eigenvalue weighted by molar-refractivity contribution is 0.0564. The van der Waals surface area contributed by atoms with Crippen LogP contribution in [0.3, 0.4) is 0 Å². The number of aliphatic hydroxyl groups is 1. The van der Waals surface area contributed by atoms with E-state index in [-0.39, 0.29) is 6.10 Å². The normalized spacial score (nSPS) is 22.2. The Labute approximate surface area is 81.9 Å². The average molecular weight is 185 g/mol. The molecule has 0 aromatic rings. The Morgan fingerprint density at radius 3 is 2.46 bits per heavy atom. The third-order valence-electron chi connectivity index (χ3n) is 3.23. The second-order valence-corrected chi connectivity index (χ2v) is 4.32. The molecule has 1 unspecified atom stereocenters. The van der Waals surface area contributed by atoms with E-state index in [0.717, 1.165) is 13.1 Å². The van der Waals surface area contributed by atoms with Crippen molar-refractivity contribution < 1.29 is 5.11 Å². The molecule has 1 saturated carbocycles. The van der Waals surface area contributed by atoms with Gasteiger partial charge in [-0.3, -0.25) is 0 Å². The smallest absolute Gasteiger partial charge is 0.0695 e. The van der Waals surface area contributed by atoms with Crippen LogP contribution < -0.4 is 0 Å². The molecule has 1 aliphatic carbocycles. The summed E-state index contributed by atoms with van der Waals surface area (Å²) in [5.41, 5.74) is 0. The zero-order chi connectivity index (χ0) is 9.68. The van der Waals surface area contributed by atoms with E-state index in [1.807, 2.05) is 0 Å². The van der Waals surface area contributed by atoms with E-state index in [1.165, 1.54) is 32.1 Å². The van der Waals surface area contributed by atoms with Crippen LogP contribution in [0.5, 0.6) is 0 Å². The molecular formula is C11H23NO. The van der Waals surface area contributed by atoms with Crippen molar-refractivity contribution in [1.82, 2.24) is 4.90 Å². The Hall–Kier alpha value is -0.0800. The summed E-state index contributed by atoms with van der Waals surface area (Å²) in [4.78, 5) is 2.19. The van der Waals surface area contributed by atoms with Crippen molar-refractivity contribution in [3.05, 3.63) is 0 Å². The van der Waals surface area contributed by atoms with Crippen molar-refractivity contribution in [2.45, 2.75) is 45.1 Å². The van der Waals surface area contributed by atoms with E-state index in [1.54, 1.807) is 0 Å². The van der Waals surface area contributed by atoms with Crippen LogP contribution in [-0.2, 0) is 0 Å². The van der Waals surface area contributed by atoms with Gasteiger partial charge in [-0.1, -0.05) is 26.2 Å². The SMILES string of the molecule is CCN(C)CC(O)C1CCCCC1. The first kappa shape index (κ1) is 11.0. The van der Waals surface area contributed by atoms with E-state index in [9.17, 15) is 5.11 Å². The number of aliphatic hydroxyl groups excluding tert-OH is 1. The molecule has 0 bridgehead atoms. The number of nitrogens with zero attached hydrogens (tertiary/aromatic N) is 1. The standard InChI is InChI=1S/C11H23NO/c1-3-12(2)9-11(13)10-7-5-4-6-8-10/h10-11,13H,3-9H2,1-2H3. The maximum atomic E-state index is 9.93. The minimum absolute atomic E-state index is 0.0924. The molecule has 2 nitrogen and oxygen atoms in total. The Balaban J connectivity index is 2.24. The largest absolute Gasteiger partial charge is 0.392 e. The third kappa shape index (κ3) is 3.65. The highest BCUT2D eigenvalue weighted by Crippen LogP contribution is 2.26. The Kier molecular flexibility index (Phi) is 4.74. The maximum Gasteiger partial charge on any atom is 0.0695 e. The predicted molar refractivity (Wildman–Crippen MR) is 55.8 cm³/mol. The van der Waals surface area contributed by atoms with Crippen LogP contribution in [0, 0.1) is 5.92 Å². The first-order valence-corrected chi connectivity index (χ1v) is 5.60. The van der Waals surface area contributed by atoms with Gasteiger partial charge in [0.05, 0.1) is 6.10 Å². The second-order valence-electron chi connectivity index (χ2n) is 4.32. The molecule has 0 aliphatic heterocycles. The summed E-state index contributed by atoms with van der Waals surface area (Å²) in [6, 6.07) is 0. The van der Waals surface area contributed by atoms with Gasteiger partial charge in [-0.2, -0.15) is 0 Å². The topological polar surface area (TPSA) is 23.5 Å². The molecule has 13 heavy (non-hydrogen) atoms. The fourth-order valence-electron chi connectivity index (χ4n) is 2.12. The van der Waals surface area contributed by atoms with Gasteiger partial charge in [-0.15, -0.1) is 0 Å². The summed E-state index contributed by atoms with van der Waals surface area (Å²) in [5, 5.41) is 9.93. The molecule has 0 radical (unpaired) electrons. The lowest BCUT2D eigenvalue weighted by atomic mass is 9.85. The van der Waals surface area contributed by atoms with Crippen LogP contribution in [0.1, 0.15) is 39.0 Å². The van der Waals surface area contributed by atoms with Crippen LogP contribution >= 0.6 is 0 Å². The van der Waals surface area contributed by atoms with Gasteiger partial charge in [0.1, 0.15) is 0 Å². The minimum atomic E-state index is -0.0924. The van der Waals surface area contributed by atoms with Gasteiger partial charge >= 0.3 is 0 Å².